The van der Waals surface area contributed by atoms with Crippen molar-refractivity contribution in [3.05, 3.63) is 107 Å². The molecule has 0 spiro atoms. The smallest absolute Gasteiger partial charge is 0.346 e. The Morgan fingerprint density at radius 3 is 1.23 bits per heavy atom. The van der Waals surface area contributed by atoms with E-state index in [9.17, 15) is 68.7 Å². The molecule has 11 rings (SSSR count). The first-order valence-corrected chi connectivity index (χ1v) is 39.1. The second-order valence-corrected chi connectivity index (χ2v) is 29.7. The molecule has 0 saturated carbocycles. The van der Waals surface area contributed by atoms with Gasteiger partial charge in [-0.25, -0.2) is 14.4 Å². The lowest BCUT2D eigenvalue weighted by molar-refractivity contribution is -0.464. The Labute approximate surface area is 665 Å². The third-order valence-corrected chi connectivity index (χ3v) is 20.8. The summed E-state index contributed by atoms with van der Waals surface area (Å²) in [5.74, 6) is -5.82. The second-order valence-electron chi connectivity index (χ2n) is 29.7. The molecule has 7 heterocycles. The fraction of sp³-hybridized carbons (Fsp3) is 0.526. The molecule has 5 amide bonds. The number of piperazine rings is 2. The van der Waals surface area contributed by atoms with E-state index in [0.717, 1.165) is 11.1 Å². The first kappa shape index (κ1) is 85.1. The Morgan fingerprint density at radius 1 is 0.487 bits per heavy atom. The molecular formula is C78H104N18O19. The Kier molecular flexibility index (Phi) is 29.6. The normalized spacial score (nSPS) is 19.2. The van der Waals surface area contributed by atoms with E-state index in [0.29, 0.717) is 125 Å². The van der Waals surface area contributed by atoms with Gasteiger partial charge in [-0.05, 0) is 90.8 Å². The van der Waals surface area contributed by atoms with Crippen LogP contribution < -0.4 is 16.0 Å². The Balaban J connectivity index is 0.692. The highest BCUT2D eigenvalue weighted by atomic mass is 17.2. The predicted octanol–water partition coefficient (Wildman–Crippen LogP) is 2.20. The van der Waals surface area contributed by atoms with E-state index in [1.165, 1.54) is 12.1 Å². The molecule has 620 valence electrons. The number of aromatic hydroxyl groups is 4. The van der Waals surface area contributed by atoms with Crippen LogP contribution in [0.5, 0.6) is 23.0 Å². The van der Waals surface area contributed by atoms with Gasteiger partial charge in [0.15, 0.2) is 11.6 Å². The zero-order valence-corrected chi connectivity index (χ0v) is 65.8. The highest BCUT2D eigenvalue weighted by Gasteiger charge is 2.35. The van der Waals surface area contributed by atoms with Crippen molar-refractivity contribution in [1.29, 1.82) is 0 Å². The summed E-state index contributed by atoms with van der Waals surface area (Å²) < 4.78 is 15.4. The van der Waals surface area contributed by atoms with E-state index in [2.05, 4.69) is 46.1 Å². The van der Waals surface area contributed by atoms with E-state index < -0.39 is 53.7 Å². The van der Waals surface area contributed by atoms with Gasteiger partial charge >= 0.3 is 23.9 Å². The Morgan fingerprint density at radius 2 is 0.870 bits per heavy atom. The number of hydrogen-bond acceptors (Lipinski definition) is 29. The molecular weight excluding hydrogens is 1490 g/mol. The van der Waals surface area contributed by atoms with Gasteiger partial charge in [-0.15, -0.1) is 20.4 Å². The van der Waals surface area contributed by atoms with Crippen LogP contribution in [-0.2, 0) is 70.6 Å². The van der Waals surface area contributed by atoms with Crippen LogP contribution >= 0.6 is 0 Å². The van der Waals surface area contributed by atoms with Crippen LogP contribution in [0.15, 0.2) is 72.8 Å². The van der Waals surface area contributed by atoms with E-state index in [1.54, 1.807) is 59.6 Å². The van der Waals surface area contributed by atoms with Gasteiger partial charge in [-0.2, -0.15) is 0 Å². The number of aliphatic carboxylic acids is 1. The molecule has 4 bridgehead atoms. The van der Waals surface area contributed by atoms with Crippen LogP contribution in [0, 0.1) is 0 Å². The molecule has 5 fully saturated rings. The summed E-state index contributed by atoms with van der Waals surface area (Å²) in [5.41, 5.74) is 4.81. The van der Waals surface area contributed by atoms with Crippen molar-refractivity contribution in [3.63, 3.8) is 0 Å². The first-order chi connectivity index (χ1) is 55.3. The number of hydrogen-bond donors (Lipinski definition) is 8. The van der Waals surface area contributed by atoms with Crippen molar-refractivity contribution in [1.82, 2.24) is 90.1 Å². The Bertz CT molecular complexity index is 4160. The number of carboxylic acid groups (broad SMARTS) is 1. The fourth-order valence-corrected chi connectivity index (χ4v) is 14.5. The Hall–Kier alpha value is -10.8. The lowest BCUT2D eigenvalue weighted by Gasteiger charge is -2.35. The minimum absolute atomic E-state index is 0.00585. The number of fused-ring (bicyclic) bond motifs is 7. The molecule has 0 radical (unpaired) electrons. The van der Waals surface area contributed by atoms with Crippen LogP contribution in [0.3, 0.4) is 0 Å². The van der Waals surface area contributed by atoms with Gasteiger partial charge in [0.25, 0.3) is 11.8 Å². The number of nitrogens with one attached hydrogen (secondary N) is 3. The third-order valence-electron chi connectivity index (χ3n) is 20.8. The van der Waals surface area contributed by atoms with Crippen LogP contribution in [-0.4, -0.2) is 329 Å². The van der Waals surface area contributed by atoms with Crippen LogP contribution in [0.2, 0.25) is 0 Å². The van der Waals surface area contributed by atoms with Crippen LogP contribution in [0.1, 0.15) is 123 Å². The van der Waals surface area contributed by atoms with Gasteiger partial charge in [0.2, 0.25) is 34.8 Å². The molecule has 5 aliphatic heterocycles. The maximum absolute atomic E-state index is 14.1. The van der Waals surface area contributed by atoms with Crippen molar-refractivity contribution in [3.8, 4) is 57.1 Å². The molecule has 2 unspecified atom stereocenters. The zero-order chi connectivity index (χ0) is 82.0. The number of carbonyl (C=O) groups excluding carboxylic acids is 8. The van der Waals surface area contributed by atoms with Crippen molar-refractivity contribution >= 4 is 53.4 Å². The summed E-state index contributed by atoms with van der Waals surface area (Å²) in [6, 6.07) is 18.9. The number of carboxylic acids is 1. The van der Waals surface area contributed by atoms with Crippen LogP contribution in [0.4, 0.5) is 0 Å². The maximum Gasteiger partial charge on any atom is 0.346 e. The van der Waals surface area contributed by atoms with Gasteiger partial charge in [0, 0.05) is 161 Å². The highest BCUT2D eigenvalue weighted by Crippen LogP contribution is 2.40. The molecule has 0 aliphatic carbocycles. The number of amides is 5. The minimum Gasteiger partial charge on any atom is -0.508 e. The quantitative estimate of drug-likeness (QED) is 0.0300. The molecule has 5 aliphatic rings. The number of carbonyl (C=O) groups is 9. The number of rotatable bonds is 30. The summed E-state index contributed by atoms with van der Waals surface area (Å²) in [4.78, 5) is 151. The highest BCUT2D eigenvalue weighted by molar-refractivity contribution is 5.93. The van der Waals surface area contributed by atoms with Crippen molar-refractivity contribution in [2.24, 2.45) is 0 Å². The van der Waals surface area contributed by atoms with Gasteiger partial charge in [0.05, 0.1) is 76.1 Å². The third kappa shape index (κ3) is 22.6. The lowest BCUT2D eigenvalue weighted by Crippen LogP contribution is -2.52. The number of ether oxygens (including phenoxy) is 2. The van der Waals surface area contributed by atoms with E-state index in [4.69, 9.17) is 24.0 Å². The molecule has 8 N–H and O–H groups in total. The predicted molar refractivity (Wildman–Crippen MR) is 413 cm³/mol. The second kappa shape index (κ2) is 40.0. The van der Waals surface area contributed by atoms with E-state index in [1.807, 2.05) is 81.1 Å². The largest absolute Gasteiger partial charge is 0.508 e. The van der Waals surface area contributed by atoms with Gasteiger partial charge in [-0.1, -0.05) is 52.0 Å². The molecule has 6 aromatic rings. The summed E-state index contributed by atoms with van der Waals surface area (Å²) in [7, 11) is 0. The summed E-state index contributed by atoms with van der Waals surface area (Å²) in [6.07, 6.45) is -0.344. The monoisotopic (exact) mass is 1600 g/mol. The van der Waals surface area contributed by atoms with Crippen LogP contribution in [0.25, 0.3) is 34.2 Å². The number of aromatic nitrogens is 6. The van der Waals surface area contributed by atoms with E-state index >= 15 is 0 Å². The summed E-state index contributed by atoms with van der Waals surface area (Å²) >= 11 is 0. The zero-order valence-electron chi connectivity index (χ0n) is 65.8. The van der Waals surface area contributed by atoms with Crippen molar-refractivity contribution in [2.45, 2.75) is 104 Å². The molecule has 115 heavy (non-hydrogen) atoms. The molecule has 5 saturated heterocycles. The number of phenolic OH excluding ortho intramolecular Hbond substituents is 4. The van der Waals surface area contributed by atoms with Gasteiger partial charge < -0.3 is 60.8 Å². The lowest BCUT2D eigenvalue weighted by atomic mass is 9.98. The molecule has 3 atom stereocenters. The van der Waals surface area contributed by atoms with E-state index in [-0.39, 0.29) is 186 Å². The van der Waals surface area contributed by atoms with Crippen molar-refractivity contribution in [2.75, 3.05) is 164 Å². The topological polar surface area (TPSA) is 428 Å². The fourth-order valence-electron chi connectivity index (χ4n) is 14.5. The average molecular weight is 1600 g/mol. The maximum atomic E-state index is 14.1. The molecule has 37 nitrogen and oxygen atoms in total. The average Bonchev–Trinajstić information content (AvgIpc) is 1.66. The summed E-state index contributed by atoms with van der Waals surface area (Å²) in [5, 5.41) is 79.8. The minimum atomic E-state index is -1.20. The molecule has 2 aromatic heterocycles. The van der Waals surface area contributed by atoms with Gasteiger partial charge in [-0.3, -0.25) is 81.8 Å². The molecule has 37 heteroatoms. The number of phenols is 4. The standard InChI is InChI=1S/C78H104N18O19/c1-7-79-76(107)74-84-82-72(59-39-57(50(3)4)62(97)41-64(59)99)94(74)55-13-9-52(10-14-55)43-86-27-33-92(34-28-86)67(102)19-37-111-48-54(81-66(101)18-17-61(78(109)110)91-31-25-89-23-21-88-22-24-90(26-32-91)47-71(106)115-96(113-69(104)45-88)114-70(105)46-89)49-112-38-20-68(103)93-35-29-87(30-36-93)44-53-11-15-56(16-12-53)95-73(83-85-75(95)77(108)80-8-2)60-40-58(51(5)6)63(98)42-65(60)100/h9-16,39-42,50-51,54,61,97-100H,7-8,17-38,43-49H2,1-6H3,(H,79,107)(H,80,108)(H,81,101)(H,109,110)/t61-/m1/s1. The molecule has 4 aromatic carbocycles. The van der Waals surface area contributed by atoms with Gasteiger partial charge in [0.1, 0.15) is 29.0 Å². The number of nitrogens with zero attached hydrogens (tertiary/aromatic N) is 15. The first-order valence-electron chi connectivity index (χ1n) is 39.1. The SMILES string of the molecule is CCNC(=O)c1nnc(-c2cc(C(C)C)c(O)cc2O)n1-c1ccc(CN2CCN(C(=O)CCOCC(COCCC(=O)N3CCN(Cc4ccc(-n5c(C(=O)NCC)nnc5-c5cc(C(C)C)c(O)cc5O)cc4)CC3)NC(=O)CC[C@H](C(=O)O)N3CCN4CCN5CCN(CC3)CC(=O)ON(OC(=O)C5)OC(=O)C4)CC2)cc1. The van der Waals surface area contributed by atoms with Crippen molar-refractivity contribution < 1.29 is 92.7 Å². The summed E-state index contributed by atoms with van der Waals surface area (Å²) in [6.45, 7) is 17.9. The number of benzene rings is 4.